The van der Waals surface area contributed by atoms with Gasteiger partial charge in [0.1, 0.15) is 23.9 Å². The van der Waals surface area contributed by atoms with Gasteiger partial charge in [0.25, 0.3) is 0 Å². The molecule has 42 heavy (non-hydrogen) atoms. The molecule has 1 aromatic carbocycles. The van der Waals surface area contributed by atoms with E-state index in [2.05, 4.69) is 40.2 Å². The summed E-state index contributed by atoms with van der Waals surface area (Å²) in [5.74, 6) is 0.0849. The van der Waals surface area contributed by atoms with Crippen molar-refractivity contribution in [1.82, 2.24) is 19.8 Å². The number of carbonyl (C=O) groups excluding carboxylic acids is 1. The summed E-state index contributed by atoms with van der Waals surface area (Å²) in [6, 6.07) is 6.40. The zero-order valence-corrected chi connectivity index (χ0v) is 25.8. The number of alkyl halides is 3. The maximum absolute atomic E-state index is 14.0. The number of carbonyl (C=O) groups is 1. The predicted molar refractivity (Wildman–Crippen MR) is 159 cm³/mol. The van der Waals surface area contributed by atoms with Crippen LogP contribution in [0.15, 0.2) is 36.7 Å². The topological polar surface area (TPSA) is 89.9 Å². The van der Waals surface area contributed by atoms with Crippen molar-refractivity contribution in [2.75, 3.05) is 51.3 Å². The molecule has 2 N–H and O–H groups in total. The van der Waals surface area contributed by atoms with Crippen LogP contribution in [0.25, 0.3) is 11.0 Å². The van der Waals surface area contributed by atoms with Crippen molar-refractivity contribution in [2.24, 2.45) is 0 Å². The standard InChI is InChI=1S/C28H37ClF3N5O4Si/c1-42(2,3)16-15-40-19-37-18-21(28(30,31)32)25-24(7-9-33-26(25)37)41-23-6-5-20(17-22(23)29)35-27(38)34-8-4-10-36-11-13-39-14-12-36/h5-7,9,17-18H,4,8,10-16,19H2,1-3H3,(H2,34,35,38). The van der Waals surface area contributed by atoms with Crippen LogP contribution in [0.4, 0.5) is 23.7 Å². The Morgan fingerprint density at radius 3 is 2.62 bits per heavy atom. The number of urea groups is 1. The number of amides is 2. The molecule has 3 heterocycles. The van der Waals surface area contributed by atoms with Crippen LogP contribution < -0.4 is 15.4 Å². The second-order valence-electron chi connectivity index (χ2n) is 11.3. The summed E-state index contributed by atoms with van der Waals surface area (Å²) in [4.78, 5) is 18.8. The van der Waals surface area contributed by atoms with Gasteiger partial charge in [-0.15, -0.1) is 0 Å². The number of hydrogen-bond donors (Lipinski definition) is 2. The summed E-state index contributed by atoms with van der Waals surface area (Å²) in [7, 11) is -1.35. The third-order valence-corrected chi connectivity index (χ3v) is 8.70. The second-order valence-corrected chi connectivity index (χ2v) is 17.3. The minimum atomic E-state index is -4.64. The SMILES string of the molecule is C[Si](C)(C)CCOCn1cc(C(F)(F)F)c2c(Oc3ccc(NC(=O)NCCCN4CCOCC4)cc3Cl)ccnc21. The number of anilines is 1. The fourth-order valence-electron chi connectivity index (χ4n) is 4.41. The summed E-state index contributed by atoms with van der Waals surface area (Å²) in [6.45, 7) is 11.6. The lowest BCUT2D eigenvalue weighted by Gasteiger charge is -2.26. The van der Waals surface area contributed by atoms with Crippen molar-refractivity contribution in [3.63, 3.8) is 0 Å². The van der Waals surface area contributed by atoms with Gasteiger partial charge in [0, 0.05) is 52.4 Å². The van der Waals surface area contributed by atoms with Crippen LogP contribution >= 0.6 is 11.6 Å². The number of hydrogen-bond acceptors (Lipinski definition) is 6. The van der Waals surface area contributed by atoms with Crippen molar-refractivity contribution < 1.29 is 32.2 Å². The number of nitrogens with one attached hydrogen (secondary N) is 2. The van der Waals surface area contributed by atoms with E-state index in [-0.39, 0.29) is 40.3 Å². The highest BCUT2D eigenvalue weighted by Gasteiger charge is 2.36. The van der Waals surface area contributed by atoms with Crippen LogP contribution in [0.2, 0.25) is 30.7 Å². The lowest BCUT2D eigenvalue weighted by molar-refractivity contribution is -0.136. The van der Waals surface area contributed by atoms with E-state index < -0.39 is 19.8 Å². The maximum atomic E-state index is 14.0. The highest BCUT2D eigenvalue weighted by Crippen LogP contribution is 2.42. The first-order valence-electron chi connectivity index (χ1n) is 13.9. The maximum Gasteiger partial charge on any atom is 0.418 e. The van der Waals surface area contributed by atoms with E-state index in [4.69, 9.17) is 25.8 Å². The second kappa shape index (κ2) is 14.1. The molecular formula is C28H37ClF3N5O4Si. The molecule has 1 fully saturated rings. The Kier molecular flexibility index (Phi) is 10.8. The Labute approximate surface area is 249 Å². The number of nitrogens with zero attached hydrogens (tertiary/aromatic N) is 3. The molecule has 2 amide bonds. The Bertz CT molecular complexity index is 1360. The molecule has 1 aliphatic rings. The van der Waals surface area contributed by atoms with Gasteiger partial charge in [-0.25, -0.2) is 9.78 Å². The molecule has 3 aromatic rings. The molecule has 0 radical (unpaired) electrons. The Morgan fingerprint density at radius 2 is 1.93 bits per heavy atom. The third kappa shape index (κ3) is 9.08. The van der Waals surface area contributed by atoms with Gasteiger partial charge in [0.15, 0.2) is 0 Å². The Balaban J connectivity index is 1.41. The van der Waals surface area contributed by atoms with Crippen molar-refractivity contribution in [2.45, 2.75) is 45.0 Å². The van der Waals surface area contributed by atoms with Gasteiger partial charge in [0.2, 0.25) is 0 Å². The summed E-state index contributed by atoms with van der Waals surface area (Å²) in [6.07, 6.45) is -1.47. The first-order valence-corrected chi connectivity index (χ1v) is 17.9. The van der Waals surface area contributed by atoms with E-state index in [0.717, 1.165) is 51.5 Å². The summed E-state index contributed by atoms with van der Waals surface area (Å²) < 4.78 is 60.4. The lowest BCUT2D eigenvalue weighted by atomic mass is 10.2. The smallest absolute Gasteiger partial charge is 0.418 e. The summed E-state index contributed by atoms with van der Waals surface area (Å²) in [5.41, 5.74) is -0.378. The summed E-state index contributed by atoms with van der Waals surface area (Å²) in [5, 5.41) is 5.45. The van der Waals surface area contributed by atoms with Gasteiger partial charge >= 0.3 is 12.2 Å². The number of pyridine rings is 1. The number of ether oxygens (including phenoxy) is 3. The van der Waals surface area contributed by atoms with Gasteiger partial charge in [-0.1, -0.05) is 31.2 Å². The van der Waals surface area contributed by atoms with Crippen LogP contribution in [0, 0.1) is 0 Å². The van der Waals surface area contributed by atoms with Crippen LogP contribution in [0.3, 0.4) is 0 Å². The van der Waals surface area contributed by atoms with E-state index in [1.807, 2.05) is 0 Å². The molecule has 1 aliphatic heterocycles. The van der Waals surface area contributed by atoms with E-state index in [0.29, 0.717) is 18.8 Å². The number of aromatic nitrogens is 2. The minimum absolute atomic E-state index is 0.0474. The third-order valence-electron chi connectivity index (χ3n) is 6.70. The van der Waals surface area contributed by atoms with E-state index in [1.165, 1.54) is 29.0 Å². The van der Waals surface area contributed by atoms with E-state index in [9.17, 15) is 18.0 Å². The molecule has 9 nitrogen and oxygen atoms in total. The zero-order valence-electron chi connectivity index (χ0n) is 24.0. The number of benzene rings is 1. The fourth-order valence-corrected chi connectivity index (χ4v) is 5.39. The number of fused-ring (bicyclic) bond motifs is 1. The Hall–Kier alpha value is -2.84. The Morgan fingerprint density at radius 1 is 1.17 bits per heavy atom. The number of halogens is 4. The molecule has 2 aromatic heterocycles. The number of morpholine rings is 1. The van der Waals surface area contributed by atoms with Crippen molar-refractivity contribution in [3.8, 4) is 11.5 Å². The van der Waals surface area contributed by atoms with Gasteiger partial charge in [-0.2, -0.15) is 13.2 Å². The lowest BCUT2D eigenvalue weighted by Crippen LogP contribution is -2.38. The average Bonchev–Trinajstić information content (AvgIpc) is 3.31. The first kappa shape index (κ1) is 32.1. The highest BCUT2D eigenvalue weighted by molar-refractivity contribution is 6.76. The molecular weight excluding hydrogens is 591 g/mol. The zero-order chi connectivity index (χ0) is 30.3. The molecule has 0 saturated carbocycles. The fraction of sp³-hybridized carbons (Fsp3) is 0.500. The summed E-state index contributed by atoms with van der Waals surface area (Å²) >= 11 is 6.41. The van der Waals surface area contributed by atoms with Gasteiger partial charge in [-0.3, -0.25) is 4.90 Å². The predicted octanol–water partition coefficient (Wildman–Crippen LogP) is 6.66. The number of rotatable bonds is 12. The van der Waals surface area contributed by atoms with Gasteiger partial charge in [0.05, 0.1) is 29.2 Å². The van der Waals surface area contributed by atoms with Crippen molar-refractivity contribution in [1.29, 1.82) is 0 Å². The average molecular weight is 628 g/mol. The van der Waals surface area contributed by atoms with Gasteiger partial charge in [-0.05, 0) is 43.3 Å². The quantitative estimate of drug-likeness (QED) is 0.173. The van der Waals surface area contributed by atoms with Crippen LogP contribution in [-0.4, -0.2) is 74.6 Å². The molecule has 0 aliphatic carbocycles. The van der Waals surface area contributed by atoms with Crippen LogP contribution in [0.1, 0.15) is 12.0 Å². The highest BCUT2D eigenvalue weighted by atomic mass is 35.5. The molecule has 0 atom stereocenters. The molecule has 230 valence electrons. The largest absolute Gasteiger partial charge is 0.455 e. The first-order chi connectivity index (χ1) is 19.9. The normalized spacial score (nSPS) is 14.7. The molecule has 0 unspecified atom stereocenters. The molecule has 1 saturated heterocycles. The molecule has 14 heteroatoms. The molecule has 4 rings (SSSR count). The van der Waals surface area contributed by atoms with Crippen molar-refractivity contribution in [3.05, 3.63) is 47.2 Å². The van der Waals surface area contributed by atoms with E-state index in [1.54, 1.807) is 6.07 Å². The monoisotopic (exact) mass is 627 g/mol. The molecule has 0 spiro atoms. The van der Waals surface area contributed by atoms with E-state index >= 15 is 0 Å². The van der Waals surface area contributed by atoms with Gasteiger partial charge < -0.3 is 29.4 Å². The van der Waals surface area contributed by atoms with Crippen LogP contribution in [-0.2, 0) is 22.4 Å². The minimum Gasteiger partial charge on any atom is -0.455 e. The van der Waals surface area contributed by atoms with Crippen molar-refractivity contribution >= 4 is 42.4 Å². The van der Waals surface area contributed by atoms with Crippen LogP contribution in [0.5, 0.6) is 11.5 Å². The molecule has 0 bridgehead atoms.